The SMILES string of the molecule is Cc1ccccc1Cc1nc2ccccc2n1C/C=C/c1ccccc1. The first-order valence-electron chi connectivity index (χ1n) is 9.01. The van der Waals surface area contributed by atoms with E-state index in [9.17, 15) is 0 Å². The molecule has 0 bridgehead atoms. The number of hydrogen-bond acceptors (Lipinski definition) is 1. The van der Waals surface area contributed by atoms with Crippen LogP contribution < -0.4 is 0 Å². The van der Waals surface area contributed by atoms with Gasteiger partial charge >= 0.3 is 0 Å². The van der Waals surface area contributed by atoms with Crippen LogP contribution >= 0.6 is 0 Å². The fourth-order valence-electron chi connectivity index (χ4n) is 3.30. The van der Waals surface area contributed by atoms with Gasteiger partial charge in [0.25, 0.3) is 0 Å². The van der Waals surface area contributed by atoms with Gasteiger partial charge in [-0.15, -0.1) is 0 Å². The summed E-state index contributed by atoms with van der Waals surface area (Å²) in [5.41, 5.74) is 6.11. The standard InChI is InChI=1S/C24H22N2/c1-19-10-5-6-14-21(19)18-24-25-22-15-7-8-16-23(22)26(24)17-9-13-20-11-3-2-4-12-20/h2-16H,17-18H2,1H3/b13-9+. The number of para-hydroxylation sites is 2. The second kappa shape index (κ2) is 7.40. The van der Waals surface area contributed by atoms with Crippen LogP contribution in [0.5, 0.6) is 0 Å². The fourth-order valence-corrected chi connectivity index (χ4v) is 3.30. The van der Waals surface area contributed by atoms with E-state index in [4.69, 9.17) is 4.98 Å². The third kappa shape index (κ3) is 3.45. The summed E-state index contributed by atoms with van der Waals surface area (Å²) in [4.78, 5) is 4.90. The largest absolute Gasteiger partial charge is 0.324 e. The van der Waals surface area contributed by atoms with E-state index in [1.54, 1.807) is 0 Å². The molecule has 0 aliphatic carbocycles. The van der Waals surface area contributed by atoms with Crippen molar-refractivity contribution in [3.63, 3.8) is 0 Å². The minimum Gasteiger partial charge on any atom is -0.324 e. The number of imidazole rings is 1. The molecule has 4 aromatic rings. The molecule has 0 saturated heterocycles. The lowest BCUT2D eigenvalue weighted by Gasteiger charge is -2.09. The Labute approximate surface area is 154 Å². The van der Waals surface area contributed by atoms with Gasteiger partial charge in [-0.2, -0.15) is 0 Å². The van der Waals surface area contributed by atoms with Crippen LogP contribution in [0.1, 0.15) is 22.5 Å². The molecule has 0 aliphatic rings. The molecule has 0 spiro atoms. The number of fused-ring (bicyclic) bond motifs is 1. The first kappa shape index (κ1) is 16.3. The van der Waals surface area contributed by atoms with E-state index in [0.29, 0.717) is 0 Å². The highest BCUT2D eigenvalue weighted by molar-refractivity contribution is 5.76. The van der Waals surface area contributed by atoms with Crippen LogP contribution in [-0.2, 0) is 13.0 Å². The smallest absolute Gasteiger partial charge is 0.114 e. The van der Waals surface area contributed by atoms with Crippen molar-refractivity contribution in [2.24, 2.45) is 0 Å². The molecule has 4 rings (SSSR count). The molecule has 0 atom stereocenters. The number of nitrogens with zero attached hydrogens (tertiary/aromatic N) is 2. The fraction of sp³-hybridized carbons (Fsp3) is 0.125. The summed E-state index contributed by atoms with van der Waals surface area (Å²) in [6.07, 6.45) is 5.23. The first-order valence-corrected chi connectivity index (χ1v) is 9.01. The Bertz CT molecular complexity index is 1040. The second-order valence-electron chi connectivity index (χ2n) is 6.54. The lowest BCUT2D eigenvalue weighted by Crippen LogP contribution is -2.04. The van der Waals surface area contributed by atoms with Gasteiger partial charge in [-0.3, -0.25) is 0 Å². The average Bonchev–Trinajstić information content (AvgIpc) is 3.02. The van der Waals surface area contributed by atoms with Gasteiger partial charge in [-0.05, 0) is 35.7 Å². The highest BCUT2D eigenvalue weighted by Crippen LogP contribution is 2.20. The molecular weight excluding hydrogens is 316 g/mol. The van der Waals surface area contributed by atoms with Crippen molar-refractivity contribution in [2.45, 2.75) is 19.9 Å². The molecule has 3 aromatic carbocycles. The summed E-state index contributed by atoms with van der Waals surface area (Å²) >= 11 is 0. The second-order valence-corrected chi connectivity index (χ2v) is 6.54. The monoisotopic (exact) mass is 338 g/mol. The molecule has 0 aliphatic heterocycles. The van der Waals surface area contributed by atoms with E-state index in [2.05, 4.69) is 96.4 Å². The molecule has 26 heavy (non-hydrogen) atoms. The topological polar surface area (TPSA) is 17.8 Å². The number of allylic oxidation sites excluding steroid dienone is 1. The minimum absolute atomic E-state index is 0.816. The predicted octanol–water partition coefficient (Wildman–Crippen LogP) is 5.65. The summed E-state index contributed by atoms with van der Waals surface area (Å²) in [5, 5.41) is 0. The van der Waals surface area contributed by atoms with E-state index in [1.165, 1.54) is 22.2 Å². The average molecular weight is 338 g/mol. The van der Waals surface area contributed by atoms with Crippen LogP contribution in [0.2, 0.25) is 0 Å². The van der Waals surface area contributed by atoms with E-state index >= 15 is 0 Å². The molecular formula is C24H22N2. The van der Waals surface area contributed by atoms with Gasteiger partial charge in [-0.25, -0.2) is 4.98 Å². The molecule has 0 N–H and O–H groups in total. The molecule has 1 aromatic heterocycles. The lowest BCUT2D eigenvalue weighted by atomic mass is 10.1. The number of aryl methyl sites for hydroxylation is 1. The van der Waals surface area contributed by atoms with Gasteiger partial charge in [0.05, 0.1) is 11.0 Å². The van der Waals surface area contributed by atoms with Gasteiger partial charge < -0.3 is 4.57 Å². The maximum Gasteiger partial charge on any atom is 0.114 e. The number of rotatable bonds is 5. The van der Waals surface area contributed by atoms with Crippen LogP contribution in [0.3, 0.4) is 0 Å². The van der Waals surface area contributed by atoms with Crippen molar-refractivity contribution < 1.29 is 0 Å². The zero-order chi connectivity index (χ0) is 17.8. The lowest BCUT2D eigenvalue weighted by molar-refractivity contribution is 0.780. The summed E-state index contributed by atoms with van der Waals surface area (Å²) in [7, 11) is 0. The Kier molecular flexibility index (Phi) is 4.65. The van der Waals surface area contributed by atoms with Crippen LogP contribution in [0.15, 0.2) is 84.9 Å². The maximum atomic E-state index is 4.90. The zero-order valence-electron chi connectivity index (χ0n) is 15.0. The summed E-state index contributed by atoms with van der Waals surface area (Å²) in [6, 6.07) is 27.3. The van der Waals surface area contributed by atoms with Crippen molar-refractivity contribution in [3.8, 4) is 0 Å². The molecule has 0 unspecified atom stereocenters. The Morgan fingerprint density at radius 3 is 2.42 bits per heavy atom. The first-order chi connectivity index (χ1) is 12.8. The normalized spacial score (nSPS) is 11.4. The van der Waals surface area contributed by atoms with Crippen molar-refractivity contribution in [1.82, 2.24) is 9.55 Å². The maximum absolute atomic E-state index is 4.90. The molecule has 1 heterocycles. The minimum atomic E-state index is 0.816. The van der Waals surface area contributed by atoms with E-state index in [0.717, 1.165) is 24.3 Å². The Balaban J connectivity index is 1.68. The van der Waals surface area contributed by atoms with Gasteiger partial charge in [0, 0.05) is 13.0 Å². The van der Waals surface area contributed by atoms with Crippen molar-refractivity contribution in [2.75, 3.05) is 0 Å². The van der Waals surface area contributed by atoms with E-state index < -0.39 is 0 Å². The third-order valence-electron chi connectivity index (χ3n) is 4.74. The summed E-state index contributed by atoms with van der Waals surface area (Å²) in [5.74, 6) is 1.11. The quantitative estimate of drug-likeness (QED) is 0.460. The molecule has 0 amide bonds. The number of hydrogen-bond donors (Lipinski definition) is 0. The molecule has 128 valence electrons. The van der Waals surface area contributed by atoms with Gasteiger partial charge in [0.2, 0.25) is 0 Å². The number of benzene rings is 3. The van der Waals surface area contributed by atoms with Crippen LogP contribution in [0, 0.1) is 6.92 Å². The van der Waals surface area contributed by atoms with Crippen molar-refractivity contribution >= 4 is 17.1 Å². The molecule has 0 fully saturated rings. The van der Waals surface area contributed by atoms with Crippen LogP contribution in [-0.4, -0.2) is 9.55 Å². The predicted molar refractivity (Wildman–Crippen MR) is 109 cm³/mol. The van der Waals surface area contributed by atoms with Crippen LogP contribution in [0.4, 0.5) is 0 Å². The Hall–Kier alpha value is -3.13. The highest BCUT2D eigenvalue weighted by Gasteiger charge is 2.11. The molecule has 0 saturated carbocycles. The van der Waals surface area contributed by atoms with Gasteiger partial charge in [-0.1, -0.05) is 78.9 Å². The molecule has 2 heteroatoms. The van der Waals surface area contributed by atoms with Crippen molar-refractivity contribution in [1.29, 1.82) is 0 Å². The van der Waals surface area contributed by atoms with Gasteiger partial charge in [0.15, 0.2) is 0 Å². The molecule has 2 nitrogen and oxygen atoms in total. The van der Waals surface area contributed by atoms with Crippen molar-refractivity contribution in [3.05, 3.63) is 107 Å². The number of aromatic nitrogens is 2. The van der Waals surface area contributed by atoms with Crippen LogP contribution in [0.25, 0.3) is 17.1 Å². The molecule has 0 radical (unpaired) electrons. The third-order valence-corrected chi connectivity index (χ3v) is 4.74. The van der Waals surface area contributed by atoms with E-state index in [1.807, 2.05) is 6.07 Å². The zero-order valence-corrected chi connectivity index (χ0v) is 15.0. The summed E-state index contributed by atoms with van der Waals surface area (Å²) in [6.45, 7) is 2.98. The van der Waals surface area contributed by atoms with E-state index in [-0.39, 0.29) is 0 Å². The Morgan fingerprint density at radius 2 is 1.58 bits per heavy atom. The van der Waals surface area contributed by atoms with Gasteiger partial charge in [0.1, 0.15) is 5.82 Å². The summed E-state index contributed by atoms with van der Waals surface area (Å²) < 4.78 is 2.32. The highest BCUT2D eigenvalue weighted by atomic mass is 15.1. The Morgan fingerprint density at radius 1 is 0.846 bits per heavy atom.